The number of Topliss-reactive ketones (excluding diaryl/α,β-unsaturated/α-hetero) is 1. The topological polar surface area (TPSA) is 57.6 Å². The molecule has 0 aromatic heterocycles. The molecule has 0 radical (unpaired) electrons. The van der Waals surface area contributed by atoms with Crippen LogP contribution in [0.2, 0.25) is 5.02 Å². The van der Waals surface area contributed by atoms with Crippen LogP contribution < -0.4 is 4.90 Å². The lowest BCUT2D eigenvalue weighted by Gasteiger charge is -2.25. The fourth-order valence-corrected chi connectivity index (χ4v) is 3.58. The number of carbonyl (C=O) groups is 2. The first-order valence-corrected chi connectivity index (χ1v) is 9.32. The number of nitrogens with zero attached hydrogens (tertiary/aromatic N) is 1. The zero-order valence-corrected chi connectivity index (χ0v) is 16.1. The minimum Gasteiger partial charge on any atom is -0.507 e. The zero-order chi connectivity index (χ0) is 21.4. The van der Waals surface area contributed by atoms with Gasteiger partial charge in [-0.2, -0.15) is 0 Å². The molecule has 0 bridgehead atoms. The highest BCUT2D eigenvalue weighted by atomic mass is 35.5. The summed E-state index contributed by atoms with van der Waals surface area (Å²) < 4.78 is 27.4. The molecule has 1 saturated heterocycles. The van der Waals surface area contributed by atoms with Gasteiger partial charge in [0.15, 0.2) is 0 Å². The molecule has 7 heteroatoms. The molecule has 1 unspecified atom stereocenters. The minimum absolute atomic E-state index is 0.197. The van der Waals surface area contributed by atoms with E-state index in [2.05, 4.69) is 0 Å². The standard InChI is InChI=1S/C23H14ClF2NO3/c24-15-6-4-13(5-7-15)21(28)19-20(14-2-1-3-17(26)12-14)27(23(30)22(19)29)18-10-8-16(25)9-11-18/h1-12,20,28H/b21-19+. The van der Waals surface area contributed by atoms with Gasteiger partial charge in [-0.3, -0.25) is 14.5 Å². The summed E-state index contributed by atoms with van der Waals surface area (Å²) in [5.41, 5.74) is 0.604. The maximum absolute atomic E-state index is 14.0. The first-order chi connectivity index (χ1) is 14.4. The minimum atomic E-state index is -1.10. The maximum atomic E-state index is 14.0. The molecule has 3 aromatic rings. The Balaban J connectivity index is 1.95. The van der Waals surface area contributed by atoms with Crippen molar-refractivity contribution in [2.45, 2.75) is 6.04 Å². The monoisotopic (exact) mass is 425 g/mol. The van der Waals surface area contributed by atoms with Gasteiger partial charge in [-0.05, 0) is 66.2 Å². The van der Waals surface area contributed by atoms with Crippen LogP contribution >= 0.6 is 11.6 Å². The Hall–Kier alpha value is -3.51. The summed E-state index contributed by atoms with van der Waals surface area (Å²) >= 11 is 5.89. The lowest BCUT2D eigenvalue weighted by atomic mass is 9.95. The van der Waals surface area contributed by atoms with Crippen molar-refractivity contribution < 1.29 is 23.5 Å². The lowest BCUT2D eigenvalue weighted by molar-refractivity contribution is -0.132. The van der Waals surface area contributed by atoms with Crippen molar-refractivity contribution in [3.05, 3.63) is 106 Å². The highest BCUT2D eigenvalue weighted by Gasteiger charge is 2.47. The van der Waals surface area contributed by atoms with Crippen molar-refractivity contribution in [3.8, 4) is 0 Å². The number of amides is 1. The van der Waals surface area contributed by atoms with E-state index in [4.69, 9.17) is 11.6 Å². The number of carbonyl (C=O) groups excluding carboxylic acids is 2. The number of ketones is 1. The van der Waals surface area contributed by atoms with Crippen LogP contribution in [0, 0.1) is 11.6 Å². The zero-order valence-electron chi connectivity index (χ0n) is 15.4. The van der Waals surface area contributed by atoms with E-state index in [1.165, 1.54) is 54.6 Å². The lowest BCUT2D eigenvalue weighted by Crippen LogP contribution is -2.29. The van der Waals surface area contributed by atoms with Crippen LogP contribution in [0.4, 0.5) is 14.5 Å². The van der Waals surface area contributed by atoms with Crippen LogP contribution in [0.25, 0.3) is 5.76 Å². The largest absolute Gasteiger partial charge is 0.507 e. The first-order valence-electron chi connectivity index (χ1n) is 8.95. The predicted octanol–water partition coefficient (Wildman–Crippen LogP) is 5.24. The van der Waals surface area contributed by atoms with Gasteiger partial charge in [0.1, 0.15) is 17.4 Å². The van der Waals surface area contributed by atoms with Crippen LogP contribution in [-0.2, 0) is 9.59 Å². The van der Waals surface area contributed by atoms with Crippen LogP contribution in [0.3, 0.4) is 0 Å². The fraction of sp³-hybridized carbons (Fsp3) is 0.0435. The second-order valence-corrected chi connectivity index (χ2v) is 7.14. The van der Waals surface area contributed by atoms with Crippen molar-refractivity contribution in [2.75, 3.05) is 4.90 Å². The third-order valence-corrected chi connectivity index (χ3v) is 5.08. The number of halogens is 3. The van der Waals surface area contributed by atoms with E-state index in [0.717, 1.165) is 17.0 Å². The Bertz CT molecular complexity index is 1170. The molecule has 4 nitrogen and oxygen atoms in total. The van der Waals surface area contributed by atoms with Gasteiger partial charge in [-0.1, -0.05) is 23.7 Å². The number of anilines is 1. The Morgan fingerprint density at radius 3 is 2.20 bits per heavy atom. The molecule has 1 amide bonds. The quantitative estimate of drug-likeness (QED) is 0.354. The summed E-state index contributed by atoms with van der Waals surface area (Å²) in [4.78, 5) is 26.9. The van der Waals surface area contributed by atoms with Gasteiger partial charge in [0.2, 0.25) is 0 Å². The summed E-state index contributed by atoms with van der Waals surface area (Å²) in [6.07, 6.45) is 0. The van der Waals surface area contributed by atoms with Gasteiger partial charge in [0.25, 0.3) is 11.7 Å². The normalized spacial score (nSPS) is 18.1. The summed E-state index contributed by atoms with van der Waals surface area (Å²) in [5, 5.41) is 11.3. The van der Waals surface area contributed by atoms with E-state index in [9.17, 15) is 23.5 Å². The number of rotatable bonds is 3. The van der Waals surface area contributed by atoms with Crippen molar-refractivity contribution in [2.24, 2.45) is 0 Å². The second kappa shape index (κ2) is 7.72. The number of aliphatic hydroxyl groups excluding tert-OH is 1. The SMILES string of the molecule is O=C1C(=O)N(c2ccc(F)cc2)C(c2cccc(F)c2)/C1=C(\O)c1ccc(Cl)cc1. The van der Waals surface area contributed by atoms with Crippen molar-refractivity contribution in [1.82, 2.24) is 0 Å². The fourth-order valence-electron chi connectivity index (χ4n) is 3.46. The van der Waals surface area contributed by atoms with E-state index >= 15 is 0 Å². The summed E-state index contributed by atoms with van der Waals surface area (Å²) in [6, 6.07) is 15.4. The number of benzene rings is 3. The Morgan fingerprint density at radius 2 is 1.57 bits per heavy atom. The van der Waals surface area contributed by atoms with Crippen LogP contribution in [-0.4, -0.2) is 16.8 Å². The predicted molar refractivity (Wildman–Crippen MR) is 109 cm³/mol. The van der Waals surface area contributed by atoms with Crippen molar-refractivity contribution in [1.29, 1.82) is 0 Å². The second-order valence-electron chi connectivity index (χ2n) is 6.71. The molecule has 150 valence electrons. The van der Waals surface area contributed by atoms with Gasteiger partial charge in [-0.25, -0.2) is 8.78 Å². The third kappa shape index (κ3) is 3.46. The molecule has 1 N–H and O–H groups in total. The molecule has 0 spiro atoms. The maximum Gasteiger partial charge on any atom is 0.300 e. The van der Waals surface area contributed by atoms with E-state index in [-0.39, 0.29) is 22.4 Å². The van der Waals surface area contributed by atoms with Gasteiger partial charge in [-0.15, -0.1) is 0 Å². The molecule has 0 saturated carbocycles. The molecule has 1 aliphatic rings. The van der Waals surface area contributed by atoms with Crippen LogP contribution in [0.5, 0.6) is 0 Å². The van der Waals surface area contributed by atoms with E-state index < -0.39 is 35.1 Å². The molecule has 0 aliphatic carbocycles. The molecule has 30 heavy (non-hydrogen) atoms. The highest BCUT2D eigenvalue weighted by molar-refractivity contribution is 6.51. The van der Waals surface area contributed by atoms with E-state index in [0.29, 0.717) is 5.02 Å². The molecule has 1 heterocycles. The van der Waals surface area contributed by atoms with Gasteiger partial charge in [0, 0.05) is 16.3 Å². The van der Waals surface area contributed by atoms with E-state index in [1.54, 1.807) is 6.07 Å². The smallest absolute Gasteiger partial charge is 0.300 e. The summed E-state index contributed by atoms with van der Waals surface area (Å²) in [7, 11) is 0. The molecule has 1 aliphatic heterocycles. The van der Waals surface area contributed by atoms with Crippen LogP contribution in [0.15, 0.2) is 78.4 Å². The summed E-state index contributed by atoms with van der Waals surface area (Å²) in [6.45, 7) is 0. The highest BCUT2D eigenvalue weighted by Crippen LogP contribution is 2.42. The summed E-state index contributed by atoms with van der Waals surface area (Å²) in [5.74, 6) is -3.33. The molecular weight excluding hydrogens is 412 g/mol. The Kier molecular flexibility index (Phi) is 5.10. The molecular formula is C23H14ClF2NO3. The van der Waals surface area contributed by atoms with Crippen molar-refractivity contribution >= 4 is 34.7 Å². The average Bonchev–Trinajstić information content (AvgIpc) is 3.00. The Labute approximate surface area is 175 Å². The van der Waals surface area contributed by atoms with Crippen LogP contribution in [0.1, 0.15) is 17.2 Å². The molecule has 4 rings (SSSR count). The number of hydrogen-bond donors (Lipinski definition) is 1. The first kappa shape index (κ1) is 19.8. The number of hydrogen-bond acceptors (Lipinski definition) is 3. The van der Waals surface area contributed by atoms with Gasteiger partial charge in [0.05, 0.1) is 11.6 Å². The van der Waals surface area contributed by atoms with Gasteiger partial charge < -0.3 is 5.11 Å². The molecule has 3 aromatic carbocycles. The Morgan fingerprint density at radius 1 is 0.900 bits per heavy atom. The van der Waals surface area contributed by atoms with Gasteiger partial charge >= 0.3 is 0 Å². The van der Waals surface area contributed by atoms with Crippen molar-refractivity contribution in [3.63, 3.8) is 0 Å². The molecule has 1 atom stereocenters. The third-order valence-electron chi connectivity index (χ3n) is 4.83. The average molecular weight is 426 g/mol. The number of aliphatic hydroxyl groups is 1. The van der Waals surface area contributed by atoms with E-state index in [1.807, 2.05) is 0 Å². The molecule has 1 fully saturated rings.